The summed E-state index contributed by atoms with van der Waals surface area (Å²) in [6.07, 6.45) is 1.16. The summed E-state index contributed by atoms with van der Waals surface area (Å²) >= 11 is 0. The number of anilines is 1. The molecular weight excluding hydrogens is 491 g/mol. The SMILES string of the molecule is C[C@@H]1Cc2cc(-c3cn[nH]c3)c(F)cc2[C@@H](c2ccc(NC3CN(CCCF)C3)cn2)N1CC(F)(F)F. The van der Waals surface area contributed by atoms with E-state index in [0.717, 1.165) is 30.9 Å². The number of benzene rings is 1. The fourth-order valence-electron chi connectivity index (χ4n) is 5.35. The number of rotatable bonds is 8. The number of nitrogens with zero attached hydrogens (tertiary/aromatic N) is 4. The Morgan fingerprint density at radius 3 is 2.62 bits per heavy atom. The monoisotopic (exact) mass is 520 g/mol. The third-order valence-electron chi connectivity index (χ3n) is 7.11. The molecule has 0 amide bonds. The van der Waals surface area contributed by atoms with Crippen LogP contribution in [0.1, 0.15) is 36.2 Å². The van der Waals surface area contributed by atoms with Gasteiger partial charge in [-0.15, -0.1) is 0 Å². The standard InChI is InChI=1S/C26H29F5N6/c1-16-7-17-8-21(18-10-33-34-11-18)23(28)9-22(17)25(37(16)15-26(29,30)31)24-4-3-19(12-32-24)35-20-13-36(14-20)6-2-5-27/h3-4,8-12,16,20,25,35H,2,5-7,13-15H2,1H3,(H,33,34)/t16-,25+/m1/s1. The van der Waals surface area contributed by atoms with Crippen LogP contribution >= 0.6 is 0 Å². The molecule has 2 atom stereocenters. The van der Waals surface area contributed by atoms with E-state index in [1.807, 2.05) is 0 Å². The van der Waals surface area contributed by atoms with Crippen molar-refractivity contribution in [3.8, 4) is 11.1 Å². The van der Waals surface area contributed by atoms with Gasteiger partial charge >= 0.3 is 6.18 Å². The zero-order chi connectivity index (χ0) is 26.2. The summed E-state index contributed by atoms with van der Waals surface area (Å²) in [5.74, 6) is -0.521. The van der Waals surface area contributed by atoms with Crippen molar-refractivity contribution in [1.29, 1.82) is 0 Å². The molecule has 0 bridgehead atoms. The molecule has 0 aliphatic carbocycles. The molecule has 0 unspecified atom stereocenters. The van der Waals surface area contributed by atoms with Crippen molar-refractivity contribution in [2.45, 2.75) is 44.1 Å². The van der Waals surface area contributed by atoms with Crippen molar-refractivity contribution >= 4 is 5.69 Å². The minimum absolute atomic E-state index is 0.208. The molecule has 0 spiro atoms. The number of pyridine rings is 1. The number of H-pyrrole nitrogens is 1. The van der Waals surface area contributed by atoms with Gasteiger partial charge in [-0.2, -0.15) is 18.3 Å². The van der Waals surface area contributed by atoms with Crippen molar-refractivity contribution in [1.82, 2.24) is 25.0 Å². The second kappa shape index (κ2) is 10.4. The predicted molar refractivity (Wildman–Crippen MR) is 130 cm³/mol. The van der Waals surface area contributed by atoms with Crippen LogP contribution in [0, 0.1) is 5.82 Å². The van der Waals surface area contributed by atoms with Crippen LogP contribution in [0.2, 0.25) is 0 Å². The number of hydrogen-bond donors (Lipinski definition) is 2. The van der Waals surface area contributed by atoms with Crippen LogP contribution in [0.5, 0.6) is 0 Å². The number of aromatic amines is 1. The van der Waals surface area contributed by atoms with Crippen molar-refractivity contribution in [2.24, 2.45) is 0 Å². The van der Waals surface area contributed by atoms with Gasteiger partial charge in [-0.05, 0) is 55.2 Å². The van der Waals surface area contributed by atoms with Gasteiger partial charge in [0.1, 0.15) is 5.82 Å². The first-order valence-corrected chi connectivity index (χ1v) is 12.4. The molecule has 0 saturated carbocycles. The summed E-state index contributed by atoms with van der Waals surface area (Å²) in [7, 11) is 0. The zero-order valence-electron chi connectivity index (χ0n) is 20.4. The lowest BCUT2D eigenvalue weighted by molar-refractivity contribution is -0.155. The Bertz CT molecular complexity index is 1190. The van der Waals surface area contributed by atoms with E-state index in [2.05, 4.69) is 25.4 Å². The van der Waals surface area contributed by atoms with Crippen molar-refractivity contribution in [3.63, 3.8) is 0 Å². The molecule has 3 aromatic rings. The molecule has 0 radical (unpaired) electrons. The quantitative estimate of drug-likeness (QED) is 0.411. The van der Waals surface area contributed by atoms with Gasteiger partial charge < -0.3 is 5.32 Å². The summed E-state index contributed by atoms with van der Waals surface area (Å²) in [6, 6.07) is 5.48. The van der Waals surface area contributed by atoms with Gasteiger partial charge in [0.2, 0.25) is 0 Å². The number of nitrogens with one attached hydrogen (secondary N) is 2. The van der Waals surface area contributed by atoms with Gasteiger partial charge in [0, 0.05) is 43.0 Å². The Hall–Kier alpha value is -3.05. The van der Waals surface area contributed by atoms with Crippen molar-refractivity contribution < 1.29 is 22.0 Å². The van der Waals surface area contributed by atoms with E-state index in [9.17, 15) is 17.6 Å². The van der Waals surface area contributed by atoms with Gasteiger partial charge in [-0.3, -0.25) is 24.3 Å². The Morgan fingerprint density at radius 1 is 1.16 bits per heavy atom. The molecule has 37 heavy (non-hydrogen) atoms. The first-order chi connectivity index (χ1) is 17.7. The molecule has 1 fully saturated rings. The van der Waals surface area contributed by atoms with Gasteiger partial charge in [-0.25, -0.2) is 4.39 Å². The Labute approximate surface area is 211 Å². The van der Waals surface area contributed by atoms with E-state index in [4.69, 9.17) is 0 Å². The molecular formula is C26H29F5N6. The lowest BCUT2D eigenvalue weighted by Crippen LogP contribution is -2.54. The summed E-state index contributed by atoms with van der Waals surface area (Å²) < 4.78 is 68.3. The normalized spacial score (nSPS) is 21.0. The molecule has 2 aliphatic heterocycles. The van der Waals surface area contributed by atoms with Crippen molar-refractivity contribution in [2.75, 3.05) is 38.2 Å². The first kappa shape index (κ1) is 25.6. The molecule has 11 heteroatoms. The van der Waals surface area contributed by atoms with E-state index in [0.29, 0.717) is 35.2 Å². The number of hydrogen-bond acceptors (Lipinski definition) is 5. The highest BCUT2D eigenvalue weighted by Gasteiger charge is 2.41. The van der Waals surface area contributed by atoms with Crippen LogP contribution in [-0.4, -0.2) is 76.1 Å². The highest BCUT2D eigenvalue weighted by Crippen LogP contribution is 2.41. The lowest BCUT2D eigenvalue weighted by Gasteiger charge is -2.42. The zero-order valence-corrected chi connectivity index (χ0v) is 20.4. The fourth-order valence-corrected chi connectivity index (χ4v) is 5.35. The number of halogens is 5. The van der Waals surface area contributed by atoms with E-state index < -0.39 is 30.6 Å². The lowest BCUT2D eigenvalue weighted by atomic mass is 9.85. The maximum Gasteiger partial charge on any atom is 0.401 e. The number of likely N-dealkylation sites (tertiary alicyclic amines) is 1. The smallest absolute Gasteiger partial charge is 0.378 e. The highest BCUT2D eigenvalue weighted by atomic mass is 19.4. The third-order valence-corrected chi connectivity index (χ3v) is 7.11. The fraction of sp³-hybridized carbons (Fsp3) is 0.462. The number of alkyl halides is 4. The van der Waals surface area contributed by atoms with Gasteiger partial charge in [0.05, 0.1) is 49.1 Å². The molecule has 4 heterocycles. The summed E-state index contributed by atoms with van der Waals surface area (Å²) in [4.78, 5) is 8.03. The van der Waals surface area contributed by atoms with E-state index in [1.54, 1.807) is 37.5 Å². The van der Waals surface area contributed by atoms with Crippen LogP contribution < -0.4 is 5.32 Å². The van der Waals surface area contributed by atoms with Gasteiger partial charge in [0.15, 0.2) is 0 Å². The van der Waals surface area contributed by atoms with E-state index >= 15 is 4.39 Å². The Balaban J connectivity index is 1.42. The average molecular weight is 521 g/mol. The second-order valence-corrected chi connectivity index (χ2v) is 9.88. The molecule has 2 aliphatic rings. The van der Waals surface area contributed by atoms with Gasteiger partial charge in [-0.1, -0.05) is 0 Å². The average Bonchev–Trinajstić information content (AvgIpc) is 3.35. The minimum Gasteiger partial charge on any atom is -0.378 e. The molecule has 1 aromatic carbocycles. The Morgan fingerprint density at radius 2 is 1.97 bits per heavy atom. The van der Waals surface area contributed by atoms with Crippen LogP contribution in [0.3, 0.4) is 0 Å². The molecule has 2 N–H and O–H groups in total. The Kier molecular flexibility index (Phi) is 7.17. The van der Waals surface area contributed by atoms with Crippen LogP contribution in [0.4, 0.5) is 27.6 Å². The number of fused-ring (bicyclic) bond motifs is 1. The largest absolute Gasteiger partial charge is 0.401 e. The van der Waals surface area contributed by atoms with E-state index in [-0.39, 0.29) is 12.7 Å². The van der Waals surface area contributed by atoms with Crippen LogP contribution in [0.25, 0.3) is 11.1 Å². The summed E-state index contributed by atoms with van der Waals surface area (Å²) in [5, 5.41) is 9.91. The van der Waals surface area contributed by atoms with Crippen LogP contribution in [0.15, 0.2) is 42.9 Å². The third kappa shape index (κ3) is 5.62. The highest BCUT2D eigenvalue weighted by molar-refractivity contribution is 5.65. The maximum atomic E-state index is 15.2. The minimum atomic E-state index is -4.42. The summed E-state index contributed by atoms with van der Waals surface area (Å²) in [6.45, 7) is 2.62. The maximum absolute atomic E-state index is 15.2. The first-order valence-electron chi connectivity index (χ1n) is 12.4. The molecule has 2 aromatic heterocycles. The summed E-state index contributed by atoms with van der Waals surface area (Å²) in [5.41, 5.74) is 3.40. The predicted octanol–water partition coefficient (Wildman–Crippen LogP) is 4.96. The van der Waals surface area contributed by atoms with Crippen LogP contribution in [-0.2, 0) is 6.42 Å². The molecule has 6 nitrogen and oxygen atoms in total. The second-order valence-electron chi connectivity index (χ2n) is 9.88. The number of aromatic nitrogens is 3. The molecule has 5 rings (SSSR count). The molecule has 198 valence electrons. The molecule has 1 saturated heterocycles. The van der Waals surface area contributed by atoms with E-state index in [1.165, 1.54) is 17.2 Å². The van der Waals surface area contributed by atoms with Crippen molar-refractivity contribution in [3.05, 3.63) is 65.5 Å². The topological polar surface area (TPSA) is 60.1 Å². The van der Waals surface area contributed by atoms with Gasteiger partial charge in [0.25, 0.3) is 0 Å².